The third-order valence-electron chi connectivity index (χ3n) is 13.8. The van der Waals surface area contributed by atoms with Crippen molar-refractivity contribution in [3.63, 3.8) is 0 Å². The topological polar surface area (TPSA) is 202 Å². The average Bonchev–Trinajstić information content (AvgIpc) is 4.34. The first kappa shape index (κ1) is 53.6. The summed E-state index contributed by atoms with van der Waals surface area (Å²) in [5, 5.41) is 31.8. The van der Waals surface area contributed by atoms with Crippen molar-refractivity contribution >= 4 is 66.9 Å². The second kappa shape index (κ2) is 25.5. The summed E-state index contributed by atoms with van der Waals surface area (Å²) in [7, 11) is 0. The van der Waals surface area contributed by atoms with E-state index in [9.17, 15) is 19.2 Å². The Hall–Kier alpha value is -7.25. The van der Waals surface area contributed by atoms with Gasteiger partial charge in [0.15, 0.2) is 0 Å². The van der Waals surface area contributed by atoms with Crippen LogP contribution >= 0.6 is 22.7 Å². The lowest BCUT2D eigenvalue weighted by atomic mass is 10.0. The van der Waals surface area contributed by atoms with Crippen molar-refractivity contribution in [2.45, 2.75) is 75.8 Å². The predicted molar refractivity (Wildman–Crippen MR) is 299 cm³/mol. The number of likely N-dealkylation sites (tertiary alicyclic amines) is 2. The van der Waals surface area contributed by atoms with Gasteiger partial charge in [-0.05, 0) is 73.9 Å². The Kier molecular flexibility index (Phi) is 18.0. The van der Waals surface area contributed by atoms with Gasteiger partial charge >= 0.3 is 0 Å². The number of fused-ring (bicyclic) bond motifs is 2. The van der Waals surface area contributed by atoms with E-state index in [0.717, 1.165) is 89.6 Å². The van der Waals surface area contributed by atoms with Gasteiger partial charge in [-0.15, -0.1) is 11.3 Å². The molecule has 0 radical (unpaired) electrons. The Labute approximate surface area is 450 Å². The lowest BCUT2D eigenvalue weighted by Crippen LogP contribution is -2.48. The second-order valence-electron chi connectivity index (χ2n) is 18.9. The Bertz CT molecular complexity index is 3000. The van der Waals surface area contributed by atoms with Crippen molar-refractivity contribution in [2.24, 2.45) is 0 Å². The summed E-state index contributed by atoms with van der Waals surface area (Å²) in [6.45, 7) is 5.10. The van der Waals surface area contributed by atoms with Gasteiger partial charge in [0.1, 0.15) is 32.4 Å². The first-order valence-electron chi connectivity index (χ1n) is 25.9. The molecular weight excluding hydrogens is 995 g/mol. The zero-order chi connectivity index (χ0) is 53.0. The fourth-order valence-corrected chi connectivity index (χ4v) is 12.1. The highest BCUT2D eigenvalue weighted by Gasteiger charge is 2.39. The molecule has 0 aliphatic carbocycles. The molecule has 8 aromatic rings. The van der Waals surface area contributed by atoms with E-state index in [1.165, 1.54) is 11.3 Å². The number of nitrogens with one attached hydrogen (secondary N) is 4. The van der Waals surface area contributed by atoms with Crippen LogP contribution in [0.5, 0.6) is 0 Å². The monoisotopic (exact) mass is 1060 g/mol. The number of aromatic nitrogens is 3. The molecule has 0 bridgehead atoms. The van der Waals surface area contributed by atoms with Crippen molar-refractivity contribution < 1.29 is 29.4 Å². The highest BCUT2D eigenvalue weighted by atomic mass is 32.1. The van der Waals surface area contributed by atoms with Crippen LogP contribution < -0.4 is 21.3 Å². The minimum absolute atomic E-state index is 0.0672. The maximum Gasteiger partial charge on any atom is 0.250 e. The predicted octanol–water partition coefficient (Wildman–Crippen LogP) is 8.30. The van der Waals surface area contributed by atoms with Gasteiger partial charge in [-0.3, -0.25) is 19.2 Å². The average molecular weight is 1060 g/mol. The SMILES string of the molecule is C[C@H](NCCO)C(=O)N[C@H](C(=O)N1CCC[C@H]1c1nc2c(-c3ccccc3)cccc2s1)c1ccccc1.C[C@H](NCCO)C(=O)N[C@H](C(=O)N1CCC[C@H]1c1nc2c(-c3ccccc3)ccnc2s1)c1ccccc1. The Morgan fingerprint density at radius 2 is 1.01 bits per heavy atom. The summed E-state index contributed by atoms with van der Waals surface area (Å²) < 4.78 is 1.09. The molecule has 17 heteroatoms. The number of amides is 4. The maximum atomic E-state index is 14.0. The van der Waals surface area contributed by atoms with Crippen LogP contribution in [0.4, 0.5) is 0 Å². The number of pyridine rings is 1. The molecule has 15 nitrogen and oxygen atoms in total. The summed E-state index contributed by atoms with van der Waals surface area (Å²) >= 11 is 3.16. The van der Waals surface area contributed by atoms with Crippen LogP contribution in [-0.4, -0.2) is 110 Å². The molecular formula is C59H63N9O6S2. The van der Waals surface area contributed by atoms with E-state index < -0.39 is 24.2 Å². The van der Waals surface area contributed by atoms with E-state index in [4.69, 9.17) is 20.2 Å². The summed E-state index contributed by atoms with van der Waals surface area (Å²) in [5.74, 6) is -0.877. The number of aliphatic hydroxyl groups excluding tert-OH is 2. The van der Waals surface area contributed by atoms with Crippen molar-refractivity contribution in [3.05, 3.63) is 173 Å². The van der Waals surface area contributed by atoms with Crippen LogP contribution in [0.3, 0.4) is 0 Å². The third kappa shape index (κ3) is 12.4. The van der Waals surface area contributed by atoms with E-state index in [-0.39, 0.29) is 48.9 Å². The third-order valence-corrected chi connectivity index (χ3v) is 16.0. The number of benzene rings is 5. The second-order valence-corrected chi connectivity index (χ2v) is 21.0. The minimum atomic E-state index is -0.824. The Morgan fingerprint density at radius 3 is 1.50 bits per heavy atom. The smallest absolute Gasteiger partial charge is 0.250 e. The maximum absolute atomic E-state index is 14.0. The fourth-order valence-electron chi connectivity index (χ4n) is 9.86. The quantitative estimate of drug-likeness (QED) is 0.0483. The molecule has 4 amide bonds. The summed E-state index contributed by atoms with van der Waals surface area (Å²) in [5.41, 5.74) is 7.55. The normalized spacial score (nSPS) is 16.9. The lowest BCUT2D eigenvalue weighted by Gasteiger charge is -2.29. The minimum Gasteiger partial charge on any atom is -0.395 e. The van der Waals surface area contributed by atoms with E-state index in [2.05, 4.69) is 68.7 Å². The molecule has 6 atom stereocenters. The number of para-hydroxylation sites is 1. The van der Waals surface area contributed by atoms with E-state index >= 15 is 0 Å². The number of nitrogens with zero attached hydrogens (tertiary/aromatic N) is 5. The van der Waals surface area contributed by atoms with Crippen LogP contribution in [0.15, 0.2) is 152 Å². The van der Waals surface area contributed by atoms with Crippen molar-refractivity contribution in [1.82, 2.24) is 46.0 Å². The molecule has 2 aliphatic rings. The molecule has 3 aromatic heterocycles. The van der Waals surface area contributed by atoms with Gasteiger partial charge in [0.2, 0.25) is 23.6 Å². The zero-order valence-corrected chi connectivity index (χ0v) is 44.2. The number of carbonyl (C=O) groups is 4. The Balaban J connectivity index is 0.000000186. The summed E-state index contributed by atoms with van der Waals surface area (Å²) in [4.78, 5) is 73.2. The fraction of sp³-hybridized carbons (Fsp3) is 0.305. The molecule has 0 spiro atoms. The molecule has 5 heterocycles. The van der Waals surface area contributed by atoms with Gasteiger partial charge < -0.3 is 41.3 Å². The van der Waals surface area contributed by atoms with E-state index in [1.807, 2.05) is 113 Å². The first-order chi connectivity index (χ1) is 37.1. The molecule has 76 heavy (non-hydrogen) atoms. The highest BCUT2D eigenvalue weighted by Crippen LogP contribution is 2.42. The lowest BCUT2D eigenvalue weighted by molar-refractivity contribution is -0.138. The van der Waals surface area contributed by atoms with Crippen molar-refractivity contribution in [3.8, 4) is 22.3 Å². The summed E-state index contributed by atoms with van der Waals surface area (Å²) in [6.07, 6.45) is 5.17. The standard InChI is InChI=1S/C30H32N4O3S.C29H31N5O3S/c1-20(31-17-19-35)28(36)32-26(22-12-6-3-7-13-22)30(37)34-18-9-15-24(34)29-33-27-23(14-8-16-25(27)38-29)21-10-4-2-5-11-21;1-19(30-16-18-35)26(36)32-24(21-11-6-3-7-12-21)29(37)34-17-8-13-23(34)27-33-25-22(14-15-31-28(25)38-27)20-9-4-2-5-10-20/h2-8,10-14,16,20,24,26,31,35H,9,15,17-19H2,1H3,(H,32,36);2-7,9-12,14-15,19,23-24,30,35H,8,13,16-18H2,1H3,(H,32,36)/t20-,24-,26-;19-,23-,24-/m00/s1. The van der Waals surface area contributed by atoms with Crippen LogP contribution in [0.25, 0.3) is 42.8 Å². The van der Waals surface area contributed by atoms with Crippen molar-refractivity contribution in [2.75, 3.05) is 39.4 Å². The number of hydrogen-bond donors (Lipinski definition) is 6. The molecule has 2 fully saturated rings. The van der Waals surface area contributed by atoms with Gasteiger partial charge in [0, 0.05) is 43.5 Å². The summed E-state index contributed by atoms with van der Waals surface area (Å²) in [6, 6.07) is 44.2. The van der Waals surface area contributed by atoms with Gasteiger partial charge in [0.05, 0.1) is 47.6 Å². The van der Waals surface area contributed by atoms with Gasteiger partial charge in [-0.2, -0.15) is 0 Å². The van der Waals surface area contributed by atoms with Crippen molar-refractivity contribution in [1.29, 1.82) is 0 Å². The first-order valence-corrected chi connectivity index (χ1v) is 27.5. The number of aliphatic hydroxyl groups is 2. The highest BCUT2D eigenvalue weighted by molar-refractivity contribution is 7.18. The van der Waals surface area contributed by atoms with Gasteiger partial charge in [-0.1, -0.05) is 145 Å². The Morgan fingerprint density at radius 1 is 0.566 bits per heavy atom. The molecule has 2 aliphatic heterocycles. The van der Waals surface area contributed by atoms with Crippen LogP contribution in [0, 0.1) is 0 Å². The number of carbonyl (C=O) groups excluding carboxylic acids is 4. The number of hydrogen-bond acceptors (Lipinski definition) is 13. The molecule has 6 N–H and O–H groups in total. The molecule has 0 unspecified atom stereocenters. The van der Waals surface area contributed by atoms with E-state index in [1.54, 1.807) is 31.4 Å². The molecule has 392 valence electrons. The van der Waals surface area contributed by atoms with E-state index in [0.29, 0.717) is 26.2 Å². The van der Waals surface area contributed by atoms with Gasteiger partial charge in [0.25, 0.3) is 0 Å². The zero-order valence-electron chi connectivity index (χ0n) is 42.5. The van der Waals surface area contributed by atoms with Crippen LogP contribution in [0.1, 0.15) is 84.8 Å². The molecule has 5 aromatic carbocycles. The van der Waals surface area contributed by atoms with Crippen LogP contribution in [0.2, 0.25) is 0 Å². The molecule has 10 rings (SSSR count). The molecule has 2 saturated heterocycles. The largest absolute Gasteiger partial charge is 0.395 e. The molecule has 0 saturated carbocycles. The van der Waals surface area contributed by atoms with Gasteiger partial charge in [-0.25, -0.2) is 15.0 Å². The van der Waals surface area contributed by atoms with Crippen LogP contribution in [-0.2, 0) is 19.2 Å². The number of rotatable bonds is 18. The number of thiazole rings is 2.